The average Bonchev–Trinajstić information content (AvgIpc) is 3.20. The van der Waals surface area contributed by atoms with Crippen LogP contribution in [0.3, 0.4) is 0 Å². The molecule has 0 radical (unpaired) electrons. The lowest BCUT2D eigenvalue weighted by Crippen LogP contribution is -1.94. The van der Waals surface area contributed by atoms with Crippen LogP contribution in [-0.2, 0) is 0 Å². The highest BCUT2D eigenvalue weighted by Gasteiger charge is 2.19. The lowest BCUT2D eigenvalue weighted by Gasteiger charge is -2.17. The average molecular weight is 320 g/mol. The van der Waals surface area contributed by atoms with Crippen LogP contribution >= 0.6 is 0 Å². The van der Waals surface area contributed by atoms with E-state index in [0.29, 0.717) is 0 Å². The van der Waals surface area contributed by atoms with E-state index in [1.54, 1.807) is 5.56 Å². The molecule has 25 heavy (non-hydrogen) atoms. The SMILES string of the molecule is c1cc2cccc3c4cc(C5CCCC5)cc5cccc(c(c1)c23)c54. The summed E-state index contributed by atoms with van der Waals surface area (Å²) in [6.07, 6.45) is 5.48. The molecular formula is C25H20. The second-order valence-electron chi connectivity index (χ2n) is 7.66. The topological polar surface area (TPSA) is 0 Å². The van der Waals surface area contributed by atoms with Crippen molar-refractivity contribution < 1.29 is 0 Å². The van der Waals surface area contributed by atoms with E-state index >= 15 is 0 Å². The van der Waals surface area contributed by atoms with Crippen LogP contribution in [0.2, 0.25) is 0 Å². The van der Waals surface area contributed by atoms with Crippen LogP contribution in [0.1, 0.15) is 37.2 Å². The normalized spacial score (nSPS) is 16.0. The van der Waals surface area contributed by atoms with Crippen molar-refractivity contribution in [1.82, 2.24) is 0 Å². The van der Waals surface area contributed by atoms with E-state index < -0.39 is 0 Å². The van der Waals surface area contributed by atoms with Gasteiger partial charge in [-0.15, -0.1) is 0 Å². The van der Waals surface area contributed by atoms with Gasteiger partial charge in [-0.1, -0.05) is 79.6 Å². The molecule has 0 spiro atoms. The largest absolute Gasteiger partial charge is 0.0610 e. The summed E-state index contributed by atoms with van der Waals surface area (Å²) in [5.41, 5.74) is 1.55. The molecule has 1 aliphatic rings. The number of hydrogen-bond acceptors (Lipinski definition) is 0. The minimum absolute atomic E-state index is 0.751. The van der Waals surface area contributed by atoms with Crippen molar-refractivity contribution in [1.29, 1.82) is 0 Å². The van der Waals surface area contributed by atoms with Crippen LogP contribution < -0.4 is 0 Å². The lowest BCUT2D eigenvalue weighted by molar-refractivity contribution is 0.725. The first-order valence-electron chi connectivity index (χ1n) is 9.49. The van der Waals surface area contributed by atoms with Crippen molar-refractivity contribution in [3.05, 3.63) is 72.3 Å². The van der Waals surface area contributed by atoms with Gasteiger partial charge in [0.1, 0.15) is 0 Å². The van der Waals surface area contributed by atoms with Crippen LogP contribution in [0.4, 0.5) is 0 Å². The van der Waals surface area contributed by atoms with Gasteiger partial charge in [0.2, 0.25) is 0 Å². The first-order valence-corrected chi connectivity index (χ1v) is 9.49. The van der Waals surface area contributed by atoms with Gasteiger partial charge in [-0.3, -0.25) is 0 Å². The molecule has 1 saturated carbocycles. The molecule has 0 unspecified atom stereocenters. The highest BCUT2D eigenvalue weighted by atomic mass is 14.2. The van der Waals surface area contributed by atoms with E-state index in [9.17, 15) is 0 Å². The van der Waals surface area contributed by atoms with E-state index in [2.05, 4.69) is 66.7 Å². The van der Waals surface area contributed by atoms with Crippen LogP contribution in [0.25, 0.3) is 43.1 Å². The third-order valence-electron chi connectivity index (χ3n) is 6.31. The second kappa shape index (κ2) is 4.95. The molecule has 5 aromatic carbocycles. The van der Waals surface area contributed by atoms with Crippen molar-refractivity contribution in [3.63, 3.8) is 0 Å². The second-order valence-corrected chi connectivity index (χ2v) is 7.66. The van der Waals surface area contributed by atoms with Crippen LogP contribution in [-0.4, -0.2) is 0 Å². The monoisotopic (exact) mass is 320 g/mol. The summed E-state index contributed by atoms with van der Waals surface area (Å²) in [6.45, 7) is 0. The Balaban J connectivity index is 1.87. The van der Waals surface area contributed by atoms with Crippen molar-refractivity contribution in [3.8, 4) is 0 Å². The number of benzene rings is 5. The molecule has 0 bridgehead atoms. The van der Waals surface area contributed by atoms with Gasteiger partial charge >= 0.3 is 0 Å². The first kappa shape index (κ1) is 13.7. The zero-order valence-corrected chi connectivity index (χ0v) is 14.3. The van der Waals surface area contributed by atoms with Gasteiger partial charge in [0, 0.05) is 0 Å². The molecule has 1 aliphatic carbocycles. The molecule has 0 aromatic heterocycles. The number of fused-ring (bicyclic) bond motifs is 2. The Bertz CT molecular complexity index is 1230. The summed E-state index contributed by atoms with van der Waals surface area (Å²) in [5, 5.41) is 11.3. The van der Waals surface area contributed by atoms with E-state index in [1.165, 1.54) is 68.8 Å². The lowest BCUT2D eigenvalue weighted by atomic mass is 9.86. The maximum absolute atomic E-state index is 2.51. The molecule has 0 atom stereocenters. The molecule has 120 valence electrons. The molecule has 5 aromatic rings. The third kappa shape index (κ3) is 1.83. The van der Waals surface area contributed by atoms with Crippen LogP contribution in [0.15, 0.2) is 66.7 Å². The highest BCUT2D eigenvalue weighted by Crippen LogP contribution is 2.43. The van der Waals surface area contributed by atoms with Crippen molar-refractivity contribution in [2.45, 2.75) is 31.6 Å². The minimum atomic E-state index is 0.751. The predicted molar refractivity (Wildman–Crippen MR) is 109 cm³/mol. The third-order valence-corrected chi connectivity index (χ3v) is 6.31. The summed E-state index contributed by atoms with van der Waals surface area (Å²) in [7, 11) is 0. The van der Waals surface area contributed by atoms with Gasteiger partial charge < -0.3 is 0 Å². The van der Waals surface area contributed by atoms with Crippen molar-refractivity contribution in [2.24, 2.45) is 0 Å². The molecule has 0 heterocycles. The molecule has 0 N–H and O–H groups in total. The van der Waals surface area contributed by atoms with E-state index in [4.69, 9.17) is 0 Å². The highest BCUT2D eigenvalue weighted by molar-refractivity contribution is 6.32. The van der Waals surface area contributed by atoms with E-state index in [1.807, 2.05) is 0 Å². The van der Waals surface area contributed by atoms with Crippen molar-refractivity contribution in [2.75, 3.05) is 0 Å². The fourth-order valence-corrected chi connectivity index (χ4v) is 5.17. The summed E-state index contributed by atoms with van der Waals surface area (Å²) >= 11 is 0. The van der Waals surface area contributed by atoms with Gasteiger partial charge in [-0.05, 0) is 67.4 Å². The van der Waals surface area contributed by atoms with Crippen LogP contribution in [0.5, 0.6) is 0 Å². The maximum atomic E-state index is 2.51. The summed E-state index contributed by atoms with van der Waals surface area (Å²) in [4.78, 5) is 0. The van der Waals surface area contributed by atoms with Gasteiger partial charge in [0.25, 0.3) is 0 Å². The van der Waals surface area contributed by atoms with Gasteiger partial charge in [-0.2, -0.15) is 0 Å². The number of hydrogen-bond donors (Lipinski definition) is 0. The Morgan fingerprint density at radius 3 is 1.80 bits per heavy atom. The predicted octanol–water partition coefficient (Wildman–Crippen LogP) is 7.39. The smallest absolute Gasteiger partial charge is 0.00262 e. The first-order chi connectivity index (χ1) is 12.4. The number of rotatable bonds is 1. The molecule has 6 rings (SSSR count). The Hall–Kier alpha value is -2.60. The Morgan fingerprint density at radius 1 is 0.560 bits per heavy atom. The standard InChI is InChI=1S/C25H20/c1-2-7-16(6-1)19-14-18-10-5-12-21-20-11-3-8-17-9-4-13-22(24(17)20)23(15-19)25(18)21/h3-5,8-16H,1-2,6-7H2. The van der Waals surface area contributed by atoms with Gasteiger partial charge in [0.05, 0.1) is 0 Å². The molecule has 0 saturated heterocycles. The fraction of sp³-hybridized carbons (Fsp3) is 0.200. The maximum Gasteiger partial charge on any atom is -0.00262 e. The fourth-order valence-electron chi connectivity index (χ4n) is 5.17. The zero-order valence-electron chi connectivity index (χ0n) is 14.3. The summed E-state index contributed by atoms with van der Waals surface area (Å²) in [5.74, 6) is 0.751. The molecule has 1 fully saturated rings. The Kier molecular flexibility index (Phi) is 2.71. The van der Waals surface area contributed by atoms with Crippen LogP contribution in [0, 0.1) is 0 Å². The molecular weight excluding hydrogens is 300 g/mol. The van der Waals surface area contributed by atoms with E-state index in [-0.39, 0.29) is 0 Å². The summed E-state index contributed by atoms with van der Waals surface area (Å²) < 4.78 is 0. The Morgan fingerprint density at radius 2 is 1.12 bits per heavy atom. The summed E-state index contributed by atoms with van der Waals surface area (Å²) in [6, 6.07) is 25.3. The molecule has 0 aliphatic heterocycles. The zero-order chi connectivity index (χ0) is 16.4. The minimum Gasteiger partial charge on any atom is -0.0610 e. The van der Waals surface area contributed by atoms with Gasteiger partial charge in [-0.25, -0.2) is 0 Å². The molecule has 0 heteroatoms. The van der Waals surface area contributed by atoms with E-state index in [0.717, 1.165) is 5.92 Å². The Labute approximate surface area is 147 Å². The van der Waals surface area contributed by atoms with Crippen molar-refractivity contribution >= 4 is 43.1 Å². The molecule has 0 amide bonds. The quantitative estimate of drug-likeness (QED) is 0.223. The van der Waals surface area contributed by atoms with Gasteiger partial charge in [0.15, 0.2) is 0 Å². The molecule has 0 nitrogen and oxygen atoms in total.